The van der Waals surface area contributed by atoms with Gasteiger partial charge in [-0.25, -0.2) is 0 Å². The summed E-state index contributed by atoms with van der Waals surface area (Å²) in [5.41, 5.74) is 7.45. The second-order valence-electron chi connectivity index (χ2n) is 3.56. The van der Waals surface area contributed by atoms with Crippen molar-refractivity contribution in [2.45, 2.75) is 26.1 Å². The van der Waals surface area contributed by atoms with Crippen LogP contribution in [-0.2, 0) is 16.0 Å². The van der Waals surface area contributed by atoms with Crippen LogP contribution in [0.25, 0.3) is 0 Å². The van der Waals surface area contributed by atoms with Crippen molar-refractivity contribution in [1.82, 2.24) is 0 Å². The van der Waals surface area contributed by atoms with E-state index in [9.17, 15) is 4.79 Å². The number of fused-ring (bicyclic) bond motifs is 1. The molecule has 0 fully saturated rings. The number of aryl methyl sites for hydroxylation is 1. The number of nitrogen functional groups attached to an aromatic ring is 1. The van der Waals surface area contributed by atoms with Crippen LogP contribution in [0.3, 0.4) is 0 Å². The molecule has 1 aliphatic rings. The molecule has 0 amide bonds. The summed E-state index contributed by atoms with van der Waals surface area (Å²) in [5.74, 6) is 0.431. The van der Waals surface area contributed by atoms with Gasteiger partial charge in [0.05, 0.1) is 0 Å². The Bertz CT molecular complexity index is 389. The van der Waals surface area contributed by atoms with Crippen LogP contribution in [-0.4, -0.2) is 12.3 Å². The molecular weight excluding hydrogens is 194 g/mol. The Morgan fingerprint density at radius 2 is 2.40 bits per heavy atom. The van der Waals surface area contributed by atoms with Gasteiger partial charge in [-0.05, 0) is 30.2 Å². The number of carbonyl (C=O) groups is 1. The predicted octanol–water partition coefficient (Wildman–Crippen LogP) is 1.48. The highest BCUT2D eigenvalue weighted by Crippen LogP contribution is 2.29. The first-order valence-corrected chi connectivity index (χ1v) is 4.87. The van der Waals surface area contributed by atoms with E-state index in [-0.39, 0.29) is 5.97 Å². The van der Waals surface area contributed by atoms with Crippen LogP contribution in [0.5, 0.6) is 5.75 Å². The minimum Gasteiger partial charge on any atom is -0.454 e. The zero-order chi connectivity index (χ0) is 10.8. The van der Waals surface area contributed by atoms with Gasteiger partial charge in [-0.1, -0.05) is 0 Å². The lowest BCUT2D eigenvalue weighted by molar-refractivity contribution is -0.162. The highest BCUT2D eigenvalue weighted by atomic mass is 16.7. The van der Waals surface area contributed by atoms with Gasteiger partial charge in [0.2, 0.25) is 6.29 Å². The molecule has 0 bridgehead atoms. The predicted molar refractivity (Wildman–Crippen MR) is 55.4 cm³/mol. The van der Waals surface area contributed by atoms with Gasteiger partial charge >= 0.3 is 5.97 Å². The van der Waals surface area contributed by atoms with Crippen LogP contribution in [0.15, 0.2) is 18.2 Å². The second-order valence-corrected chi connectivity index (χ2v) is 3.56. The van der Waals surface area contributed by atoms with Gasteiger partial charge in [0, 0.05) is 19.0 Å². The third kappa shape index (κ3) is 2.21. The second kappa shape index (κ2) is 3.81. The maximum absolute atomic E-state index is 10.8. The van der Waals surface area contributed by atoms with E-state index in [0.29, 0.717) is 6.42 Å². The normalized spacial score (nSPS) is 18.9. The smallest absolute Gasteiger partial charge is 0.305 e. The van der Waals surface area contributed by atoms with Crippen LogP contribution < -0.4 is 10.5 Å². The van der Waals surface area contributed by atoms with Gasteiger partial charge in [-0.2, -0.15) is 0 Å². The largest absolute Gasteiger partial charge is 0.454 e. The zero-order valence-electron chi connectivity index (χ0n) is 8.53. The first-order valence-electron chi connectivity index (χ1n) is 4.87. The van der Waals surface area contributed by atoms with E-state index in [0.717, 1.165) is 23.4 Å². The standard InChI is InChI=1S/C11H13NO3/c1-7(13)14-11-5-2-8-6-9(12)3-4-10(8)15-11/h3-4,6,11H,2,5,12H2,1H3/t11-/m1/s1. The fourth-order valence-electron chi connectivity index (χ4n) is 1.65. The Morgan fingerprint density at radius 3 is 3.13 bits per heavy atom. The van der Waals surface area contributed by atoms with Gasteiger partial charge in [-0.15, -0.1) is 0 Å². The molecule has 0 saturated heterocycles. The number of benzene rings is 1. The minimum absolute atomic E-state index is 0.320. The molecule has 0 aliphatic carbocycles. The molecule has 0 spiro atoms. The number of nitrogens with two attached hydrogens (primary N) is 1. The molecule has 80 valence electrons. The average molecular weight is 207 g/mol. The van der Waals surface area contributed by atoms with Crippen molar-refractivity contribution < 1.29 is 14.3 Å². The number of rotatable bonds is 1. The van der Waals surface area contributed by atoms with Crippen LogP contribution in [0.4, 0.5) is 5.69 Å². The van der Waals surface area contributed by atoms with Crippen molar-refractivity contribution in [3.8, 4) is 5.75 Å². The average Bonchev–Trinajstić information content (AvgIpc) is 2.17. The third-order valence-electron chi connectivity index (χ3n) is 2.29. The highest BCUT2D eigenvalue weighted by molar-refractivity contribution is 5.66. The molecule has 0 saturated carbocycles. The van der Waals surface area contributed by atoms with E-state index in [4.69, 9.17) is 15.2 Å². The Morgan fingerprint density at radius 1 is 1.60 bits per heavy atom. The van der Waals surface area contributed by atoms with Crippen LogP contribution in [0.2, 0.25) is 0 Å². The van der Waals surface area contributed by atoms with Crippen molar-refractivity contribution in [2.24, 2.45) is 0 Å². The fourth-order valence-corrected chi connectivity index (χ4v) is 1.65. The quantitative estimate of drug-likeness (QED) is 0.559. The Balaban J connectivity index is 2.13. The molecule has 1 aromatic carbocycles. The number of esters is 1. The minimum atomic E-state index is -0.460. The first-order chi connectivity index (χ1) is 7.15. The Labute approximate surface area is 88.0 Å². The Hall–Kier alpha value is -1.71. The molecule has 1 aromatic rings. The number of carbonyl (C=O) groups excluding carboxylic acids is 1. The molecule has 1 heterocycles. The number of hydrogen-bond acceptors (Lipinski definition) is 4. The summed E-state index contributed by atoms with van der Waals surface area (Å²) in [6.07, 6.45) is 1.03. The number of hydrogen-bond donors (Lipinski definition) is 1. The molecule has 0 unspecified atom stereocenters. The number of anilines is 1. The summed E-state index contributed by atoms with van der Waals surface area (Å²) >= 11 is 0. The van der Waals surface area contributed by atoms with E-state index in [1.165, 1.54) is 6.92 Å². The highest BCUT2D eigenvalue weighted by Gasteiger charge is 2.21. The van der Waals surface area contributed by atoms with E-state index in [2.05, 4.69) is 0 Å². The fraction of sp³-hybridized carbons (Fsp3) is 0.364. The zero-order valence-corrected chi connectivity index (χ0v) is 8.53. The van der Waals surface area contributed by atoms with Crippen molar-refractivity contribution in [3.63, 3.8) is 0 Å². The van der Waals surface area contributed by atoms with Crippen LogP contribution >= 0.6 is 0 Å². The maximum atomic E-state index is 10.8. The molecule has 4 heteroatoms. The summed E-state index contributed by atoms with van der Waals surface area (Å²) in [6.45, 7) is 1.38. The monoisotopic (exact) mass is 207 g/mol. The molecule has 1 atom stereocenters. The third-order valence-corrected chi connectivity index (χ3v) is 2.29. The SMILES string of the molecule is CC(=O)O[C@H]1CCc2cc(N)ccc2O1. The van der Waals surface area contributed by atoms with Gasteiger partial charge in [0.25, 0.3) is 0 Å². The molecule has 4 nitrogen and oxygen atoms in total. The van der Waals surface area contributed by atoms with E-state index < -0.39 is 6.29 Å². The molecule has 0 aromatic heterocycles. The molecule has 15 heavy (non-hydrogen) atoms. The van der Waals surface area contributed by atoms with Crippen molar-refractivity contribution in [1.29, 1.82) is 0 Å². The number of ether oxygens (including phenoxy) is 2. The molecule has 0 radical (unpaired) electrons. The van der Waals surface area contributed by atoms with E-state index >= 15 is 0 Å². The lowest BCUT2D eigenvalue weighted by atomic mass is 10.1. The van der Waals surface area contributed by atoms with Gasteiger partial charge in [-0.3, -0.25) is 4.79 Å². The van der Waals surface area contributed by atoms with Crippen molar-refractivity contribution in [3.05, 3.63) is 23.8 Å². The van der Waals surface area contributed by atoms with Gasteiger partial charge in [0.15, 0.2) is 0 Å². The van der Waals surface area contributed by atoms with Gasteiger partial charge < -0.3 is 15.2 Å². The lowest BCUT2D eigenvalue weighted by Gasteiger charge is -2.25. The first kappa shape index (κ1) is 9.83. The Kier molecular flexibility index (Phi) is 2.49. The summed E-state index contributed by atoms with van der Waals surface area (Å²) in [6, 6.07) is 5.47. The van der Waals surface area contributed by atoms with E-state index in [1.54, 1.807) is 12.1 Å². The van der Waals surface area contributed by atoms with Crippen molar-refractivity contribution >= 4 is 11.7 Å². The molecular formula is C11H13NO3. The maximum Gasteiger partial charge on any atom is 0.305 e. The summed E-state index contributed by atoms with van der Waals surface area (Å²) in [7, 11) is 0. The molecule has 2 N–H and O–H groups in total. The molecule has 2 rings (SSSR count). The van der Waals surface area contributed by atoms with Crippen LogP contribution in [0.1, 0.15) is 18.9 Å². The summed E-state index contributed by atoms with van der Waals surface area (Å²) < 4.78 is 10.5. The lowest BCUT2D eigenvalue weighted by Crippen LogP contribution is -2.27. The topological polar surface area (TPSA) is 61.5 Å². The van der Waals surface area contributed by atoms with E-state index in [1.807, 2.05) is 6.07 Å². The van der Waals surface area contributed by atoms with Crippen LogP contribution in [0, 0.1) is 0 Å². The van der Waals surface area contributed by atoms with Crippen molar-refractivity contribution in [2.75, 3.05) is 5.73 Å². The summed E-state index contributed by atoms with van der Waals surface area (Å²) in [4.78, 5) is 10.8. The molecule has 1 aliphatic heterocycles. The van der Waals surface area contributed by atoms with Gasteiger partial charge in [0.1, 0.15) is 5.75 Å². The summed E-state index contributed by atoms with van der Waals surface area (Å²) in [5, 5.41) is 0.